The zero-order valence-electron chi connectivity index (χ0n) is 7.38. The second kappa shape index (κ2) is 3.40. The average Bonchev–Trinajstić information content (AvgIpc) is 2.01. The van der Waals surface area contributed by atoms with Gasteiger partial charge in [0.05, 0.1) is 19.8 Å². The van der Waals surface area contributed by atoms with Crippen LogP contribution in [0.2, 0.25) is 0 Å². The molecule has 0 bridgehead atoms. The standard InChI is InChI=1S/C6H11NO6S/c8-3-1-7-2-4-11-6(5-7)12-14(9,10)13-6/h8H,1-5H2. The summed E-state index contributed by atoms with van der Waals surface area (Å²) in [5, 5.41) is 8.70. The predicted octanol–water partition coefficient (Wildman–Crippen LogP) is -1.74. The summed E-state index contributed by atoms with van der Waals surface area (Å²) >= 11 is 0. The third-order valence-electron chi connectivity index (χ3n) is 2.02. The van der Waals surface area contributed by atoms with E-state index in [1.807, 2.05) is 0 Å². The molecule has 0 radical (unpaired) electrons. The number of hydrogen-bond acceptors (Lipinski definition) is 7. The van der Waals surface area contributed by atoms with Crippen LogP contribution in [-0.2, 0) is 23.5 Å². The van der Waals surface area contributed by atoms with E-state index in [0.29, 0.717) is 19.7 Å². The number of ether oxygens (including phenoxy) is 1. The predicted molar refractivity (Wildman–Crippen MR) is 43.3 cm³/mol. The number of hydrogen-bond donors (Lipinski definition) is 1. The van der Waals surface area contributed by atoms with Crippen LogP contribution in [0.15, 0.2) is 0 Å². The summed E-state index contributed by atoms with van der Waals surface area (Å²) in [6, 6.07) is 0. The molecule has 7 nitrogen and oxygen atoms in total. The summed E-state index contributed by atoms with van der Waals surface area (Å²) in [4.78, 5) is 1.80. The molecule has 2 heterocycles. The van der Waals surface area contributed by atoms with Crippen LogP contribution in [0.5, 0.6) is 0 Å². The SMILES string of the molecule is O=S1(=O)OC2(CN(CCO)CCO2)O1. The smallest absolute Gasteiger partial charge is 0.395 e. The van der Waals surface area contributed by atoms with Crippen LogP contribution in [0.1, 0.15) is 0 Å². The first-order chi connectivity index (χ1) is 6.55. The van der Waals surface area contributed by atoms with E-state index in [4.69, 9.17) is 9.84 Å². The molecule has 2 rings (SSSR count). The molecule has 1 spiro atoms. The van der Waals surface area contributed by atoms with Crippen LogP contribution >= 0.6 is 0 Å². The minimum absolute atomic E-state index is 0.00281. The minimum atomic E-state index is -3.84. The van der Waals surface area contributed by atoms with Crippen molar-refractivity contribution in [1.82, 2.24) is 4.90 Å². The zero-order valence-corrected chi connectivity index (χ0v) is 8.20. The van der Waals surface area contributed by atoms with Crippen LogP contribution in [-0.4, -0.2) is 57.2 Å². The van der Waals surface area contributed by atoms with Gasteiger partial charge in [0.25, 0.3) is 0 Å². The molecule has 0 unspecified atom stereocenters. The topological polar surface area (TPSA) is 85.3 Å². The molecule has 0 aromatic heterocycles. The molecular weight excluding hydrogens is 214 g/mol. The zero-order chi connectivity index (χ0) is 10.2. The lowest BCUT2D eigenvalue weighted by molar-refractivity contribution is -0.369. The van der Waals surface area contributed by atoms with Gasteiger partial charge in [0.15, 0.2) is 0 Å². The van der Waals surface area contributed by atoms with E-state index >= 15 is 0 Å². The minimum Gasteiger partial charge on any atom is -0.395 e. The van der Waals surface area contributed by atoms with Crippen LogP contribution in [0.3, 0.4) is 0 Å². The average molecular weight is 225 g/mol. The Balaban J connectivity index is 1.95. The third-order valence-corrected chi connectivity index (χ3v) is 2.94. The number of β-amino-alcohol motifs (C(OH)–C–C–N with tert-alkyl or cyclic N) is 1. The summed E-state index contributed by atoms with van der Waals surface area (Å²) in [7, 11) is -3.84. The number of nitrogens with zero attached hydrogens (tertiary/aromatic N) is 1. The molecule has 0 aromatic carbocycles. The van der Waals surface area contributed by atoms with Gasteiger partial charge in [-0.3, -0.25) is 4.90 Å². The van der Waals surface area contributed by atoms with Gasteiger partial charge in [-0.15, -0.1) is 0 Å². The molecule has 82 valence electrons. The molecule has 0 aliphatic carbocycles. The second-order valence-corrected chi connectivity index (χ2v) is 4.26. The Bertz CT molecular complexity index is 300. The van der Waals surface area contributed by atoms with E-state index < -0.39 is 16.4 Å². The van der Waals surface area contributed by atoms with Crippen molar-refractivity contribution < 1.29 is 26.6 Å². The summed E-state index contributed by atoms with van der Waals surface area (Å²) in [6.45, 7) is 1.57. The molecule has 2 fully saturated rings. The van der Waals surface area contributed by atoms with Gasteiger partial charge in [-0.25, -0.2) is 0 Å². The molecular formula is C6H11NO6S. The summed E-state index contributed by atoms with van der Waals surface area (Å²) < 4.78 is 35.4. The van der Waals surface area contributed by atoms with Crippen LogP contribution in [0, 0.1) is 0 Å². The van der Waals surface area contributed by atoms with Crippen molar-refractivity contribution in [3.8, 4) is 0 Å². The fourth-order valence-electron chi connectivity index (χ4n) is 1.48. The van der Waals surface area contributed by atoms with E-state index in [1.54, 1.807) is 4.90 Å². The van der Waals surface area contributed by atoms with Crippen molar-refractivity contribution in [2.45, 2.75) is 5.97 Å². The Morgan fingerprint density at radius 2 is 2.14 bits per heavy atom. The molecule has 2 saturated heterocycles. The van der Waals surface area contributed by atoms with Crippen molar-refractivity contribution in [3.05, 3.63) is 0 Å². The van der Waals surface area contributed by atoms with Gasteiger partial charge in [0, 0.05) is 13.1 Å². The number of rotatable bonds is 2. The number of aliphatic hydroxyl groups is 1. The molecule has 2 aliphatic heterocycles. The second-order valence-electron chi connectivity index (χ2n) is 3.11. The van der Waals surface area contributed by atoms with Gasteiger partial charge in [-0.1, -0.05) is 0 Å². The summed E-state index contributed by atoms with van der Waals surface area (Å²) in [6.07, 6.45) is 0. The van der Waals surface area contributed by atoms with Crippen molar-refractivity contribution in [2.75, 3.05) is 32.8 Å². The maximum atomic E-state index is 10.6. The Kier molecular flexibility index (Phi) is 2.50. The normalized spacial score (nSPS) is 30.1. The van der Waals surface area contributed by atoms with E-state index in [2.05, 4.69) is 8.37 Å². The Labute approximate surface area is 81.5 Å². The fourth-order valence-corrected chi connectivity index (χ4v) is 2.32. The molecule has 0 saturated carbocycles. The molecule has 1 N–H and O–H groups in total. The maximum absolute atomic E-state index is 10.6. The van der Waals surface area contributed by atoms with Crippen LogP contribution < -0.4 is 0 Å². The van der Waals surface area contributed by atoms with Gasteiger partial charge >= 0.3 is 16.4 Å². The van der Waals surface area contributed by atoms with E-state index in [-0.39, 0.29) is 13.2 Å². The van der Waals surface area contributed by atoms with Crippen molar-refractivity contribution in [1.29, 1.82) is 0 Å². The first-order valence-corrected chi connectivity index (χ1v) is 5.52. The first kappa shape index (κ1) is 10.3. The van der Waals surface area contributed by atoms with E-state index in [0.717, 1.165) is 0 Å². The van der Waals surface area contributed by atoms with Crippen molar-refractivity contribution in [3.63, 3.8) is 0 Å². The largest absolute Gasteiger partial charge is 0.409 e. The Morgan fingerprint density at radius 3 is 2.71 bits per heavy atom. The quantitative estimate of drug-likeness (QED) is 0.596. The van der Waals surface area contributed by atoms with Crippen LogP contribution in [0.25, 0.3) is 0 Å². The monoisotopic (exact) mass is 225 g/mol. The molecule has 0 aromatic rings. The fraction of sp³-hybridized carbons (Fsp3) is 1.00. The Morgan fingerprint density at radius 1 is 1.43 bits per heavy atom. The molecule has 0 atom stereocenters. The highest BCUT2D eigenvalue weighted by Crippen LogP contribution is 2.34. The first-order valence-electron chi connectivity index (χ1n) is 4.19. The summed E-state index contributed by atoms with van der Waals surface area (Å²) in [5.41, 5.74) is 0. The summed E-state index contributed by atoms with van der Waals surface area (Å²) in [5.74, 6) is -1.47. The van der Waals surface area contributed by atoms with E-state index in [1.165, 1.54) is 0 Å². The third kappa shape index (κ3) is 1.90. The number of aliphatic hydroxyl groups excluding tert-OH is 1. The Hall–Kier alpha value is -0.250. The lowest BCUT2D eigenvalue weighted by Crippen LogP contribution is -2.62. The van der Waals surface area contributed by atoms with Gasteiger partial charge in [-0.2, -0.15) is 16.8 Å². The highest BCUT2D eigenvalue weighted by Gasteiger charge is 2.56. The van der Waals surface area contributed by atoms with Crippen LogP contribution in [0.4, 0.5) is 0 Å². The molecule has 14 heavy (non-hydrogen) atoms. The molecule has 2 aliphatic rings. The lowest BCUT2D eigenvalue weighted by atomic mass is 10.3. The maximum Gasteiger partial charge on any atom is 0.409 e. The highest BCUT2D eigenvalue weighted by molar-refractivity contribution is 7.82. The van der Waals surface area contributed by atoms with Crippen molar-refractivity contribution in [2.24, 2.45) is 0 Å². The molecule has 0 amide bonds. The van der Waals surface area contributed by atoms with Gasteiger partial charge < -0.3 is 9.84 Å². The highest BCUT2D eigenvalue weighted by atomic mass is 32.3. The lowest BCUT2D eigenvalue weighted by Gasteiger charge is -2.44. The van der Waals surface area contributed by atoms with Gasteiger partial charge in [0.1, 0.15) is 0 Å². The van der Waals surface area contributed by atoms with Crippen molar-refractivity contribution >= 4 is 10.4 Å². The molecule has 8 heteroatoms. The van der Waals surface area contributed by atoms with E-state index in [9.17, 15) is 8.42 Å². The van der Waals surface area contributed by atoms with Gasteiger partial charge in [-0.05, 0) is 0 Å². The van der Waals surface area contributed by atoms with Gasteiger partial charge in [0.2, 0.25) is 0 Å². The number of morpholine rings is 1.